The largest absolute Gasteiger partial charge is 0.326 e. The molecule has 82 valence electrons. The first kappa shape index (κ1) is 13.5. The van der Waals surface area contributed by atoms with Crippen LogP contribution in [0.25, 0.3) is 0 Å². The molecular formula is C10H19NO2S. The second-order valence-corrected chi connectivity index (χ2v) is 6.67. The molecular weight excluding hydrogens is 198 g/mol. The van der Waals surface area contributed by atoms with E-state index in [1.807, 2.05) is 0 Å². The van der Waals surface area contributed by atoms with Crippen LogP contribution >= 0.6 is 0 Å². The Hall–Kier alpha value is -0.530. The molecule has 0 bridgehead atoms. The van der Waals surface area contributed by atoms with Gasteiger partial charge in [-0.05, 0) is 26.7 Å². The Labute approximate surface area is 87.0 Å². The Morgan fingerprint density at radius 2 is 2.00 bits per heavy atom. The quantitative estimate of drug-likeness (QED) is 0.551. The number of sulfone groups is 1. The van der Waals surface area contributed by atoms with E-state index >= 15 is 0 Å². The molecule has 0 fully saturated rings. The standard InChI is InChI=1S/C10H19NO2S/c1-5-6-7-8-9(11)10(2,3)14(4,12)13/h1,9H,6-8,11H2,2-4H3. The van der Waals surface area contributed by atoms with Crippen LogP contribution in [0.3, 0.4) is 0 Å². The maximum Gasteiger partial charge on any atom is 0.154 e. The molecule has 0 saturated carbocycles. The Bertz CT molecular complexity index is 312. The normalized spacial score (nSPS) is 14.8. The summed E-state index contributed by atoms with van der Waals surface area (Å²) >= 11 is 0. The van der Waals surface area contributed by atoms with Crippen molar-refractivity contribution < 1.29 is 8.42 Å². The molecule has 14 heavy (non-hydrogen) atoms. The van der Waals surface area contributed by atoms with E-state index in [0.29, 0.717) is 12.8 Å². The highest BCUT2D eigenvalue weighted by molar-refractivity contribution is 7.92. The van der Waals surface area contributed by atoms with Crippen LogP contribution in [0.1, 0.15) is 33.1 Å². The van der Waals surface area contributed by atoms with Crippen LogP contribution in [0, 0.1) is 12.3 Å². The molecule has 0 rings (SSSR count). The van der Waals surface area contributed by atoms with Gasteiger partial charge in [0.1, 0.15) is 0 Å². The summed E-state index contributed by atoms with van der Waals surface area (Å²) in [5, 5.41) is 0. The van der Waals surface area contributed by atoms with Gasteiger partial charge in [-0.1, -0.05) is 0 Å². The molecule has 0 aliphatic heterocycles. The second kappa shape index (κ2) is 4.81. The molecule has 0 amide bonds. The van der Waals surface area contributed by atoms with E-state index in [1.165, 1.54) is 6.26 Å². The fraction of sp³-hybridized carbons (Fsp3) is 0.800. The van der Waals surface area contributed by atoms with E-state index in [9.17, 15) is 8.42 Å². The molecule has 0 radical (unpaired) electrons. The summed E-state index contributed by atoms with van der Waals surface area (Å²) in [6, 6.07) is -0.356. The van der Waals surface area contributed by atoms with Crippen molar-refractivity contribution >= 4 is 9.84 Å². The SMILES string of the molecule is C#CCCCC(N)C(C)(C)S(C)(=O)=O. The third-order valence-electron chi connectivity index (χ3n) is 2.68. The molecule has 0 aliphatic rings. The Kier molecular flexibility index (Phi) is 4.63. The first-order chi connectivity index (χ1) is 6.23. The third kappa shape index (κ3) is 3.32. The van der Waals surface area contributed by atoms with Crippen LogP contribution < -0.4 is 5.73 Å². The van der Waals surface area contributed by atoms with Crippen LogP contribution in [-0.2, 0) is 9.84 Å². The topological polar surface area (TPSA) is 60.2 Å². The van der Waals surface area contributed by atoms with Gasteiger partial charge in [0.25, 0.3) is 0 Å². The molecule has 0 aromatic carbocycles. The molecule has 0 spiro atoms. The zero-order chi connectivity index (χ0) is 11.4. The van der Waals surface area contributed by atoms with Gasteiger partial charge in [0, 0.05) is 18.7 Å². The monoisotopic (exact) mass is 217 g/mol. The Morgan fingerprint density at radius 1 is 1.50 bits per heavy atom. The van der Waals surface area contributed by atoms with Crippen molar-refractivity contribution in [2.24, 2.45) is 5.73 Å². The molecule has 4 heteroatoms. The van der Waals surface area contributed by atoms with Gasteiger partial charge in [0.2, 0.25) is 0 Å². The highest BCUT2D eigenvalue weighted by Gasteiger charge is 2.36. The highest BCUT2D eigenvalue weighted by Crippen LogP contribution is 2.21. The maximum atomic E-state index is 11.4. The first-order valence-electron chi connectivity index (χ1n) is 4.62. The predicted octanol–water partition coefficient (Wildman–Crippen LogP) is 0.940. The average molecular weight is 217 g/mol. The number of hydrogen-bond donors (Lipinski definition) is 1. The summed E-state index contributed by atoms with van der Waals surface area (Å²) in [4.78, 5) is 0. The number of terminal acetylenes is 1. The minimum absolute atomic E-state index is 0.356. The van der Waals surface area contributed by atoms with E-state index in [0.717, 1.165) is 6.42 Å². The van der Waals surface area contributed by atoms with E-state index in [-0.39, 0.29) is 6.04 Å². The Morgan fingerprint density at radius 3 is 2.36 bits per heavy atom. The predicted molar refractivity (Wildman–Crippen MR) is 59.6 cm³/mol. The van der Waals surface area contributed by atoms with Crippen LogP contribution in [0.4, 0.5) is 0 Å². The van der Waals surface area contributed by atoms with Crippen LogP contribution in [0.2, 0.25) is 0 Å². The molecule has 0 aromatic heterocycles. The van der Waals surface area contributed by atoms with Crippen molar-refractivity contribution in [1.82, 2.24) is 0 Å². The van der Waals surface area contributed by atoms with Crippen molar-refractivity contribution in [2.75, 3.05) is 6.26 Å². The molecule has 0 aliphatic carbocycles. The lowest BCUT2D eigenvalue weighted by atomic mass is 9.98. The lowest BCUT2D eigenvalue weighted by Crippen LogP contribution is -2.48. The fourth-order valence-electron chi connectivity index (χ4n) is 1.05. The zero-order valence-electron chi connectivity index (χ0n) is 9.08. The molecule has 0 saturated heterocycles. The number of rotatable bonds is 5. The minimum atomic E-state index is -3.12. The van der Waals surface area contributed by atoms with Crippen LogP contribution in [0.15, 0.2) is 0 Å². The maximum absolute atomic E-state index is 11.4. The molecule has 0 aromatic rings. The van der Waals surface area contributed by atoms with Gasteiger partial charge in [-0.15, -0.1) is 12.3 Å². The van der Waals surface area contributed by atoms with Crippen molar-refractivity contribution in [2.45, 2.75) is 43.9 Å². The summed E-state index contributed by atoms with van der Waals surface area (Å²) in [6.45, 7) is 3.31. The molecule has 1 atom stereocenters. The first-order valence-corrected chi connectivity index (χ1v) is 6.51. The van der Waals surface area contributed by atoms with Gasteiger partial charge >= 0.3 is 0 Å². The van der Waals surface area contributed by atoms with Gasteiger partial charge < -0.3 is 5.73 Å². The summed E-state index contributed by atoms with van der Waals surface area (Å²) in [7, 11) is -3.12. The van der Waals surface area contributed by atoms with E-state index in [2.05, 4.69) is 5.92 Å². The van der Waals surface area contributed by atoms with Crippen molar-refractivity contribution in [3.63, 3.8) is 0 Å². The van der Waals surface area contributed by atoms with Crippen molar-refractivity contribution in [3.8, 4) is 12.3 Å². The van der Waals surface area contributed by atoms with E-state index < -0.39 is 14.6 Å². The minimum Gasteiger partial charge on any atom is -0.326 e. The Balaban J connectivity index is 4.39. The van der Waals surface area contributed by atoms with Crippen LogP contribution in [0.5, 0.6) is 0 Å². The van der Waals surface area contributed by atoms with Gasteiger partial charge in [0.15, 0.2) is 9.84 Å². The molecule has 1 unspecified atom stereocenters. The lowest BCUT2D eigenvalue weighted by Gasteiger charge is -2.29. The third-order valence-corrected chi connectivity index (χ3v) is 4.90. The molecule has 3 nitrogen and oxygen atoms in total. The van der Waals surface area contributed by atoms with Gasteiger partial charge in [-0.2, -0.15) is 0 Å². The highest BCUT2D eigenvalue weighted by atomic mass is 32.2. The van der Waals surface area contributed by atoms with E-state index in [1.54, 1.807) is 13.8 Å². The summed E-state index contributed by atoms with van der Waals surface area (Å²) in [5.41, 5.74) is 5.83. The zero-order valence-corrected chi connectivity index (χ0v) is 9.89. The van der Waals surface area contributed by atoms with Gasteiger partial charge in [-0.25, -0.2) is 8.42 Å². The van der Waals surface area contributed by atoms with E-state index in [4.69, 9.17) is 12.2 Å². The van der Waals surface area contributed by atoms with Gasteiger partial charge in [-0.3, -0.25) is 0 Å². The average Bonchev–Trinajstić information content (AvgIpc) is 2.02. The summed E-state index contributed by atoms with van der Waals surface area (Å²) in [6.07, 6.45) is 8.38. The second-order valence-electron chi connectivity index (χ2n) is 4.08. The van der Waals surface area contributed by atoms with Crippen molar-refractivity contribution in [1.29, 1.82) is 0 Å². The van der Waals surface area contributed by atoms with Gasteiger partial charge in [0.05, 0.1) is 4.75 Å². The fourth-order valence-corrected chi connectivity index (χ4v) is 1.71. The lowest BCUT2D eigenvalue weighted by molar-refractivity contribution is 0.455. The smallest absolute Gasteiger partial charge is 0.154 e. The summed E-state index contributed by atoms with van der Waals surface area (Å²) in [5.74, 6) is 2.51. The van der Waals surface area contributed by atoms with Crippen LogP contribution in [-0.4, -0.2) is 25.5 Å². The number of nitrogens with two attached hydrogens (primary N) is 1. The summed E-state index contributed by atoms with van der Waals surface area (Å²) < 4.78 is 21.9. The molecule has 0 heterocycles. The van der Waals surface area contributed by atoms with Crippen molar-refractivity contribution in [3.05, 3.63) is 0 Å². The number of unbranched alkanes of at least 4 members (excludes halogenated alkanes) is 1. The number of hydrogen-bond acceptors (Lipinski definition) is 3. The molecule has 2 N–H and O–H groups in total.